The maximum Gasteiger partial charge on any atom is 0.322 e. The largest absolute Gasteiger partial charge is 0.480 e. The molecule has 1 rings (SSSR count). The van der Waals surface area contributed by atoms with Crippen molar-refractivity contribution in [1.82, 2.24) is 4.72 Å². The van der Waals surface area contributed by atoms with Gasteiger partial charge in [-0.15, -0.1) is 0 Å². The van der Waals surface area contributed by atoms with Crippen molar-refractivity contribution in [3.63, 3.8) is 0 Å². The Morgan fingerprint density at radius 2 is 1.85 bits per heavy atom. The van der Waals surface area contributed by atoms with Gasteiger partial charge in [-0.25, -0.2) is 8.42 Å². The molecule has 0 saturated heterocycles. The Labute approximate surface area is 135 Å². The van der Waals surface area contributed by atoms with Crippen molar-refractivity contribution in [2.24, 2.45) is 5.41 Å². The highest BCUT2D eigenvalue weighted by molar-refractivity contribution is 9.11. The summed E-state index contributed by atoms with van der Waals surface area (Å²) in [6.07, 6.45) is 0. The number of hydrogen-bond acceptors (Lipinski definition) is 3. The molecule has 20 heavy (non-hydrogen) atoms. The topological polar surface area (TPSA) is 83.5 Å². The number of aliphatic carboxylic acids is 1. The van der Waals surface area contributed by atoms with Gasteiger partial charge in [0.05, 0.1) is 4.90 Å². The zero-order valence-electron chi connectivity index (χ0n) is 11.1. The molecule has 112 valence electrons. The zero-order chi connectivity index (χ0) is 15.7. The second kappa shape index (κ2) is 6.13. The van der Waals surface area contributed by atoms with Crippen molar-refractivity contribution in [2.75, 3.05) is 0 Å². The normalized spacial score (nSPS) is 14.1. The summed E-state index contributed by atoms with van der Waals surface area (Å²) in [5.41, 5.74) is -0.753. The molecule has 8 heteroatoms. The van der Waals surface area contributed by atoms with Crippen molar-refractivity contribution < 1.29 is 18.3 Å². The lowest BCUT2D eigenvalue weighted by atomic mass is 9.88. The number of hydrogen-bond donors (Lipinski definition) is 2. The second-order valence-electron chi connectivity index (χ2n) is 5.33. The van der Waals surface area contributed by atoms with E-state index >= 15 is 0 Å². The number of carbonyl (C=O) groups is 1. The van der Waals surface area contributed by atoms with Crippen LogP contribution in [0.4, 0.5) is 0 Å². The standard InChI is InChI=1S/C12H15Br2NO4S/c1-12(2,3)10(11(16)17)15-20(18,19)9-6-7(13)4-5-8(9)14/h4-6,10,15H,1-3H3,(H,16,17)/t10-/m1/s1. The Bertz CT molecular complexity index is 623. The van der Waals surface area contributed by atoms with Crippen LogP contribution in [0.2, 0.25) is 0 Å². The van der Waals surface area contributed by atoms with Crippen LogP contribution in [0, 0.1) is 5.41 Å². The first-order valence-corrected chi connectivity index (χ1v) is 8.72. The molecule has 0 saturated carbocycles. The molecule has 0 aliphatic rings. The van der Waals surface area contributed by atoms with Crippen LogP contribution in [0.25, 0.3) is 0 Å². The van der Waals surface area contributed by atoms with E-state index in [-0.39, 0.29) is 4.90 Å². The van der Waals surface area contributed by atoms with Gasteiger partial charge >= 0.3 is 5.97 Å². The number of nitrogens with one attached hydrogen (secondary N) is 1. The molecule has 1 aromatic carbocycles. The van der Waals surface area contributed by atoms with Crippen molar-refractivity contribution >= 4 is 47.9 Å². The van der Waals surface area contributed by atoms with Gasteiger partial charge in [-0.3, -0.25) is 4.79 Å². The lowest BCUT2D eigenvalue weighted by Crippen LogP contribution is -2.49. The maximum atomic E-state index is 12.3. The van der Waals surface area contributed by atoms with Gasteiger partial charge in [0.2, 0.25) is 10.0 Å². The van der Waals surface area contributed by atoms with Crippen LogP contribution in [0.15, 0.2) is 32.0 Å². The predicted molar refractivity (Wildman–Crippen MR) is 83.0 cm³/mol. The van der Waals surface area contributed by atoms with E-state index in [2.05, 4.69) is 36.6 Å². The maximum absolute atomic E-state index is 12.3. The third-order valence-electron chi connectivity index (χ3n) is 2.57. The molecule has 5 nitrogen and oxygen atoms in total. The predicted octanol–water partition coefficient (Wildman–Crippen LogP) is 2.99. The monoisotopic (exact) mass is 427 g/mol. The molecule has 1 aromatic rings. The molecule has 0 spiro atoms. The van der Waals surface area contributed by atoms with Crippen molar-refractivity contribution in [1.29, 1.82) is 0 Å². The van der Waals surface area contributed by atoms with Crippen LogP contribution in [0.5, 0.6) is 0 Å². The quantitative estimate of drug-likeness (QED) is 0.771. The number of rotatable bonds is 4. The molecule has 0 aliphatic heterocycles. The first-order chi connectivity index (χ1) is 8.95. The summed E-state index contributed by atoms with van der Waals surface area (Å²) in [6.45, 7) is 4.97. The Morgan fingerprint density at radius 3 is 2.30 bits per heavy atom. The lowest BCUT2D eigenvalue weighted by Gasteiger charge is -2.27. The Morgan fingerprint density at radius 1 is 1.30 bits per heavy atom. The van der Waals surface area contributed by atoms with E-state index in [1.54, 1.807) is 32.9 Å². The highest BCUT2D eigenvalue weighted by Crippen LogP contribution is 2.27. The van der Waals surface area contributed by atoms with Gasteiger partial charge < -0.3 is 5.11 Å². The molecule has 0 heterocycles. The zero-order valence-corrected chi connectivity index (χ0v) is 15.1. The average molecular weight is 429 g/mol. The smallest absolute Gasteiger partial charge is 0.322 e. The fourth-order valence-electron chi connectivity index (χ4n) is 1.50. The molecule has 2 N–H and O–H groups in total. The number of halogens is 2. The van der Waals surface area contributed by atoms with Gasteiger partial charge in [-0.2, -0.15) is 4.72 Å². The molecule has 0 aromatic heterocycles. The van der Waals surface area contributed by atoms with E-state index in [1.165, 1.54) is 6.07 Å². The fourth-order valence-corrected chi connectivity index (χ4v) is 4.40. The van der Waals surface area contributed by atoms with Crippen LogP contribution in [0.3, 0.4) is 0 Å². The van der Waals surface area contributed by atoms with Crippen LogP contribution in [0.1, 0.15) is 20.8 Å². The van der Waals surface area contributed by atoms with Gasteiger partial charge in [0.25, 0.3) is 0 Å². The van der Waals surface area contributed by atoms with Crippen LogP contribution < -0.4 is 4.72 Å². The van der Waals surface area contributed by atoms with Gasteiger partial charge in [0.15, 0.2) is 0 Å². The molecule has 0 radical (unpaired) electrons. The van der Waals surface area contributed by atoms with Gasteiger partial charge in [-0.1, -0.05) is 36.7 Å². The third kappa shape index (κ3) is 4.28. The third-order valence-corrected chi connectivity index (χ3v) is 5.48. The van der Waals surface area contributed by atoms with Crippen LogP contribution >= 0.6 is 31.9 Å². The minimum atomic E-state index is -3.95. The summed E-state index contributed by atoms with van der Waals surface area (Å²) >= 11 is 6.35. The van der Waals surface area contributed by atoms with E-state index in [4.69, 9.17) is 0 Å². The Kier molecular flexibility index (Phi) is 5.40. The summed E-state index contributed by atoms with van der Waals surface area (Å²) in [6, 6.07) is 3.44. The second-order valence-corrected chi connectivity index (χ2v) is 8.79. The molecule has 0 aliphatic carbocycles. The molecule has 1 atom stereocenters. The Hall–Kier alpha value is -0.440. The summed E-state index contributed by atoms with van der Waals surface area (Å²) in [4.78, 5) is 11.2. The van der Waals surface area contributed by atoms with E-state index in [9.17, 15) is 18.3 Å². The number of carboxylic acid groups (broad SMARTS) is 1. The van der Waals surface area contributed by atoms with Crippen molar-refractivity contribution in [3.05, 3.63) is 27.1 Å². The number of benzene rings is 1. The highest BCUT2D eigenvalue weighted by atomic mass is 79.9. The first-order valence-electron chi connectivity index (χ1n) is 5.65. The van der Waals surface area contributed by atoms with Crippen molar-refractivity contribution in [3.8, 4) is 0 Å². The van der Waals surface area contributed by atoms with Gasteiger partial charge in [0.1, 0.15) is 6.04 Å². The molecular formula is C12H15Br2NO4S. The lowest BCUT2D eigenvalue weighted by molar-refractivity contribution is -0.141. The van der Waals surface area contributed by atoms with Gasteiger partial charge in [0, 0.05) is 8.95 Å². The fraction of sp³-hybridized carbons (Fsp3) is 0.417. The highest BCUT2D eigenvalue weighted by Gasteiger charge is 2.35. The SMILES string of the molecule is CC(C)(C)[C@H](NS(=O)(=O)c1cc(Br)ccc1Br)C(=O)O. The van der Waals surface area contributed by atoms with Crippen LogP contribution in [-0.2, 0) is 14.8 Å². The van der Waals surface area contributed by atoms with E-state index in [0.717, 1.165) is 0 Å². The first kappa shape index (κ1) is 17.6. The minimum absolute atomic E-state index is 0.0117. The van der Waals surface area contributed by atoms with E-state index in [0.29, 0.717) is 8.95 Å². The molecule has 0 unspecified atom stereocenters. The number of sulfonamides is 1. The summed E-state index contributed by atoms with van der Waals surface area (Å²) in [5, 5.41) is 9.20. The molecule has 0 fully saturated rings. The van der Waals surface area contributed by atoms with E-state index in [1.807, 2.05) is 0 Å². The summed E-state index contributed by atoms with van der Waals surface area (Å²) < 4.78 is 27.9. The van der Waals surface area contributed by atoms with Gasteiger partial charge in [-0.05, 0) is 39.5 Å². The minimum Gasteiger partial charge on any atom is -0.480 e. The molecule has 0 amide bonds. The summed E-state index contributed by atoms with van der Waals surface area (Å²) in [5.74, 6) is -1.22. The Balaban J connectivity index is 3.24. The number of carboxylic acids is 1. The average Bonchev–Trinajstić information content (AvgIpc) is 2.27. The van der Waals surface area contributed by atoms with E-state index < -0.39 is 27.4 Å². The molecule has 0 bridgehead atoms. The van der Waals surface area contributed by atoms with Crippen LogP contribution in [-0.4, -0.2) is 25.5 Å². The van der Waals surface area contributed by atoms with Crippen molar-refractivity contribution in [2.45, 2.75) is 31.7 Å². The molecular weight excluding hydrogens is 414 g/mol. The summed E-state index contributed by atoms with van der Waals surface area (Å²) in [7, 11) is -3.95.